The molecular formula is C18H22N4O. The zero-order valence-corrected chi connectivity index (χ0v) is 13.5. The number of aromatic nitrogens is 2. The highest BCUT2D eigenvalue weighted by molar-refractivity contribution is 5.93. The van der Waals surface area contributed by atoms with Crippen LogP contribution in [0.25, 0.3) is 0 Å². The Morgan fingerprint density at radius 1 is 1.17 bits per heavy atom. The molecule has 2 heterocycles. The summed E-state index contributed by atoms with van der Waals surface area (Å²) in [6.45, 7) is 4.26. The summed E-state index contributed by atoms with van der Waals surface area (Å²) in [4.78, 5) is 23.0. The van der Waals surface area contributed by atoms with Crippen molar-refractivity contribution in [1.29, 1.82) is 0 Å². The number of carbonyl (C=O) groups is 1. The number of aryl methyl sites for hydroxylation is 1. The largest absolute Gasteiger partial charge is 0.370 e. The van der Waals surface area contributed by atoms with Gasteiger partial charge in [0.25, 0.3) is 5.91 Å². The maximum Gasteiger partial charge on any atom is 0.272 e. The van der Waals surface area contributed by atoms with Crippen LogP contribution in [0, 0.1) is 6.92 Å². The summed E-state index contributed by atoms with van der Waals surface area (Å²) in [5.41, 5.74) is 1.76. The summed E-state index contributed by atoms with van der Waals surface area (Å²) in [5.74, 6) is 1.35. The molecule has 3 rings (SSSR count). The fraction of sp³-hybridized carbons (Fsp3) is 0.389. The number of hydrogen-bond acceptors (Lipinski definition) is 4. The van der Waals surface area contributed by atoms with Crippen LogP contribution < -0.4 is 5.32 Å². The molecule has 1 aromatic heterocycles. The molecule has 0 saturated carbocycles. The Hall–Kier alpha value is -2.43. The van der Waals surface area contributed by atoms with E-state index in [1.54, 1.807) is 6.07 Å². The second-order valence-corrected chi connectivity index (χ2v) is 5.85. The van der Waals surface area contributed by atoms with Crippen LogP contribution >= 0.6 is 0 Å². The van der Waals surface area contributed by atoms with Crippen LogP contribution in [0.3, 0.4) is 0 Å². The number of nitrogens with zero attached hydrogens (tertiary/aromatic N) is 3. The second-order valence-electron chi connectivity index (χ2n) is 5.85. The van der Waals surface area contributed by atoms with Crippen LogP contribution in [0.5, 0.6) is 0 Å². The van der Waals surface area contributed by atoms with E-state index >= 15 is 0 Å². The smallest absolute Gasteiger partial charge is 0.272 e. The predicted molar refractivity (Wildman–Crippen MR) is 90.5 cm³/mol. The molecule has 0 unspecified atom stereocenters. The molecule has 2 aromatic rings. The predicted octanol–water partition coefficient (Wildman–Crippen LogP) is 2.68. The van der Waals surface area contributed by atoms with Crippen molar-refractivity contribution in [2.24, 2.45) is 0 Å². The van der Waals surface area contributed by atoms with E-state index in [1.807, 2.05) is 30.0 Å². The normalized spacial score (nSPS) is 14.0. The fourth-order valence-corrected chi connectivity index (χ4v) is 2.83. The SMILES string of the molecule is Cc1nc(NCCc2ccccc2)cc(C(=O)N2CCCC2)n1. The molecule has 1 amide bonds. The zero-order chi connectivity index (χ0) is 16.1. The first kappa shape index (κ1) is 15.5. The van der Waals surface area contributed by atoms with Gasteiger partial charge in [0.05, 0.1) is 0 Å². The summed E-state index contributed by atoms with van der Waals surface area (Å²) in [6.07, 6.45) is 3.08. The van der Waals surface area contributed by atoms with E-state index in [9.17, 15) is 4.79 Å². The molecule has 1 N–H and O–H groups in total. The van der Waals surface area contributed by atoms with Crippen molar-refractivity contribution in [3.8, 4) is 0 Å². The van der Waals surface area contributed by atoms with E-state index in [0.29, 0.717) is 11.5 Å². The lowest BCUT2D eigenvalue weighted by atomic mass is 10.1. The average molecular weight is 310 g/mol. The maximum atomic E-state index is 12.5. The van der Waals surface area contributed by atoms with Crippen LogP contribution in [0.4, 0.5) is 5.82 Å². The van der Waals surface area contributed by atoms with Gasteiger partial charge in [0.15, 0.2) is 0 Å². The van der Waals surface area contributed by atoms with E-state index < -0.39 is 0 Å². The number of carbonyl (C=O) groups excluding carboxylic acids is 1. The Kier molecular flexibility index (Phi) is 4.86. The quantitative estimate of drug-likeness (QED) is 0.922. The first-order chi connectivity index (χ1) is 11.2. The highest BCUT2D eigenvalue weighted by Gasteiger charge is 2.21. The molecule has 1 fully saturated rings. The Morgan fingerprint density at radius 2 is 1.91 bits per heavy atom. The van der Waals surface area contributed by atoms with Crippen LogP contribution in [-0.2, 0) is 6.42 Å². The van der Waals surface area contributed by atoms with E-state index in [4.69, 9.17) is 0 Å². The molecule has 23 heavy (non-hydrogen) atoms. The molecular weight excluding hydrogens is 288 g/mol. The van der Waals surface area contributed by atoms with Gasteiger partial charge in [0.2, 0.25) is 0 Å². The maximum absolute atomic E-state index is 12.5. The summed E-state index contributed by atoms with van der Waals surface area (Å²) in [6, 6.07) is 12.1. The lowest BCUT2D eigenvalue weighted by molar-refractivity contribution is 0.0786. The molecule has 5 heteroatoms. The van der Waals surface area contributed by atoms with Gasteiger partial charge in [-0.15, -0.1) is 0 Å². The number of anilines is 1. The van der Waals surface area contributed by atoms with Crippen molar-refractivity contribution in [2.45, 2.75) is 26.2 Å². The molecule has 1 aliphatic heterocycles. The molecule has 0 aliphatic carbocycles. The van der Waals surface area contributed by atoms with Gasteiger partial charge in [-0.2, -0.15) is 0 Å². The Balaban J connectivity index is 1.64. The van der Waals surface area contributed by atoms with E-state index in [1.165, 1.54) is 5.56 Å². The highest BCUT2D eigenvalue weighted by atomic mass is 16.2. The lowest BCUT2D eigenvalue weighted by Crippen LogP contribution is -2.28. The minimum absolute atomic E-state index is 0.0131. The van der Waals surface area contributed by atoms with Crippen molar-refractivity contribution in [2.75, 3.05) is 25.0 Å². The summed E-state index contributed by atoms with van der Waals surface area (Å²) < 4.78 is 0. The molecule has 1 aliphatic rings. The van der Waals surface area contributed by atoms with Crippen LogP contribution in [0.2, 0.25) is 0 Å². The lowest BCUT2D eigenvalue weighted by Gasteiger charge is -2.15. The van der Waals surface area contributed by atoms with E-state index in [0.717, 1.165) is 44.7 Å². The number of nitrogens with one attached hydrogen (secondary N) is 1. The van der Waals surface area contributed by atoms with Crippen molar-refractivity contribution < 1.29 is 4.79 Å². The van der Waals surface area contributed by atoms with Crippen molar-refractivity contribution in [1.82, 2.24) is 14.9 Å². The van der Waals surface area contributed by atoms with Gasteiger partial charge in [0, 0.05) is 25.7 Å². The Labute approximate surface area is 136 Å². The molecule has 0 bridgehead atoms. The van der Waals surface area contributed by atoms with E-state index in [2.05, 4.69) is 27.4 Å². The Bertz CT molecular complexity index is 666. The van der Waals surface area contributed by atoms with Gasteiger partial charge in [-0.1, -0.05) is 30.3 Å². The van der Waals surface area contributed by atoms with Crippen LogP contribution in [0.1, 0.15) is 34.7 Å². The molecule has 1 aromatic carbocycles. The van der Waals surface area contributed by atoms with Crippen molar-refractivity contribution in [3.05, 3.63) is 53.5 Å². The van der Waals surface area contributed by atoms with Gasteiger partial charge < -0.3 is 10.2 Å². The standard InChI is InChI=1S/C18H22N4O/c1-14-20-16(18(23)22-11-5-6-12-22)13-17(21-14)19-10-9-15-7-3-2-4-8-15/h2-4,7-8,13H,5-6,9-12H2,1H3,(H,19,20,21). The molecule has 1 saturated heterocycles. The summed E-state index contributed by atoms with van der Waals surface area (Å²) >= 11 is 0. The average Bonchev–Trinajstić information content (AvgIpc) is 3.09. The Morgan fingerprint density at radius 3 is 2.65 bits per heavy atom. The third kappa shape index (κ3) is 4.06. The number of likely N-dealkylation sites (tertiary alicyclic amines) is 1. The first-order valence-corrected chi connectivity index (χ1v) is 8.15. The van der Waals surface area contributed by atoms with Crippen LogP contribution in [-0.4, -0.2) is 40.4 Å². The monoisotopic (exact) mass is 310 g/mol. The first-order valence-electron chi connectivity index (χ1n) is 8.15. The molecule has 0 radical (unpaired) electrons. The minimum Gasteiger partial charge on any atom is -0.370 e. The van der Waals surface area contributed by atoms with E-state index in [-0.39, 0.29) is 5.91 Å². The minimum atomic E-state index is 0.0131. The van der Waals surface area contributed by atoms with Gasteiger partial charge in [-0.05, 0) is 31.7 Å². The molecule has 5 nitrogen and oxygen atoms in total. The number of benzene rings is 1. The van der Waals surface area contributed by atoms with Gasteiger partial charge in [-0.25, -0.2) is 9.97 Å². The number of amides is 1. The van der Waals surface area contributed by atoms with Crippen molar-refractivity contribution >= 4 is 11.7 Å². The summed E-state index contributed by atoms with van der Waals surface area (Å²) in [5, 5.41) is 3.30. The topological polar surface area (TPSA) is 58.1 Å². The highest BCUT2D eigenvalue weighted by Crippen LogP contribution is 2.14. The number of hydrogen-bond donors (Lipinski definition) is 1. The molecule has 120 valence electrons. The number of rotatable bonds is 5. The van der Waals surface area contributed by atoms with Gasteiger partial charge >= 0.3 is 0 Å². The fourth-order valence-electron chi connectivity index (χ4n) is 2.83. The third-order valence-corrected chi connectivity index (χ3v) is 4.01. The van der Waals surface area contributed by atoms with Gasteiger partial charge in [-0.3, -0.25) is 4.79 Å². The summed E-state index contributed by atoms with van der Waals surface area (Å²) in [7, 11) is 0. The third-order valence-electron chi connectivity index (χ3n) is 4.01. The van der Waals surface area contributed by atoms with Crippen LogP contribution in [0.15, 0.2) is 36.4 Å². The second kappa shape index (κ2) is 7.22. The zero-order valence-electron chi connectivity index (χ0n) is 13.5. The van der Waals surface area contributed by atoms with Crippen molar-refractivity contribution in [3.63, 3.8) is 0 Å². The molecule has 0 atom stereocenters. The molecule has 0 spiro atoms. The van der Waals surface area contributed by atoms with Gasteiger partial charge in [0.1, 0.15) is 17.3 Å².